The molecular weight excluding hydrogens is 440 g/mol. The summed E-state index contributed by atoms with van der Waals surface area (Å²) in [5.74, 6) is 0.765. The van der Waals surface area contributed by atoms with E-state index in [0.717, 1.165) is 42.4 Å². The highest BCUT2D eigenvalue weighted by Crippen LogP contribution is 2.36. The maximum absolute atomic E-state index is 13.3. The highest BCUT2D eigenvalue weighted by molar-refractivity contribution is 7.90. The molecule has 1 N–H and O–H groups in total. The van der Waals surface area contributed by atoms with Gasteiger partial charge in [-0.05, 0) is 43.9 Å². The van der Waals surface area contributed by atoms with E-state index in [-0.39, 0.29) is 17.0 Å². The zero-order chi connectivity index (χ0) is 23.0. The molecule has 3 heterocycles. The Hall–Kier alpha value is -3.01. The molecule has 0 aliphatic heterocycles. The lowest BCUT2D eigenvalue weighted by molar-refractivity contribution is 0.105. The molecule has 4 aromatic rings. The Kier molecular flexibility index (Phi) is 5.77. The van der Waals surface area contributed by atoms with Crippen LogP contribution in [0.2, 0.25) is 0 Å². The number of imidazole rings is 1. The third-order valence-corrected chi connectivity index (χ3v) is 7.88. The Balaban J connectivity index is 1.68. The summed E-state index contributed by atoms with van der Waals surface area (Å²) < 4.78 is 35.7. The predicted molar refractivity (Wildman–Crippen MR) is 125 cm³/mol. The summed E-state index contributed by atoms with van der Waals surface area (Å²) in [4.78, 5) is 9.46. The van der Waals surface area contributed by atoms with Gasteiger partial charge in [0.1, 0.15) is 17.9 Å². The number of fused-ring (bicyclic) bond motifs is 3. The molecule has 0 spiro atoms. The lowest BCUT2D eigenvalue weighted by atomic mass is 9.92. The van der Waals surface area contributed by atoms with Crippen LogP contribution < -0.4 is 0 Å². The monoisotopic (exact) mass is 466 g/mol. The van der Waals surface area contributed by atoms with Crippen LogP contribution in [0.4, 0.5) is 0 Å². The SMILES string of the molecule is C=CCOCc1nc2cnc3c(ccn3S(=O)(=O)c3ccccc3)c2n1C1CCC(O)CC1. The van der Waals surface area contributed by atoms with E-state index in [0.29, 0.717) is 24.4 Å². The average molecular weight is 467 g/mol. The van der Waals surface area contributed by atoms with Gasteiger partial charge in [-0.2, -0.15) is 0 Å². The van der Waals surface area contributed by atoms with E-state index in [2.05, 4.69) is 16.1 Å². The van der Waals surface area contributed by atoms with Crippen molar-refractivity contribution in [1.29, 1.82) is 0 Å². The lowest BCUT2D eigenvalue weighted by Gasteiger charge is -2.28. The second-order valence-electron chi connectivity index (χ2n) is 8.32. The van der Waals surface area contributed by atoms with Crippen molar-refractivity contribution in [3.63, 3.8) is 0 Å². The van der Waals surface area contributed by atoms with Crippen molar-refractivity contribution >= 4 is 32.1 Å². The number of ether oxygens (including phenoxy) is 1. The Bertz CT molecular complexity index is 1400. The highest BCUT2D eigenvalue weighted by atomic mass is 32.2. The van der Waals surface area contributed by atoms with Crippen molar-refractivity contribution in [2.45, 2.75) is 49.3 Å². The Morgan fingerprint density at radius 2 is 1.91 bits per heavy atom. The summed E-state index contributed by atoms with van der Waals surface area (Å²) in [6, 6.07) is 10.3. The van der Waals surface area contributed by atoms with Crippen LogP contribution in [-0.2, 0) is 21.4 Å². The molecule has 9 heteroatoms. The molecular formula is C24H26N4O4S. The Labute approximate surface area is 192 Å². The van der Waals surface area contributed by atoms with Crippen LogP contribution in [0, 0.1) is 0 Å². The van der Waals surface area contributed by atoms with Gasteiger partial charge >= 0.3 is 0 Å². The number of benzene rings is 1. The zero-order valence-corrected chi connectivity index (χ0v) is 19.0. The summed E-state index contributed by atoms with van der Waals surface area (Å²) in [5.41, 5.74) is 1.91. The maximum atomic E-state index is 13.3. The Morgan fingerprint density at radius 3 is 2.64 bits per heavy atom. The van der Waals surface area contributed by atoms with Gasteiger partial charge in [0.25, 0.3) is 10.0 Å². The van der Waals surface area contributed by atoms with E-state index in [4.69, 9.17) is 9.72 Å². The van der Waals surface area contributed by atoms with Crippen molar-refractivity contribution in [2.75, 3.05) is 6.61 Å². The zero-order valence-electron chi connectivity index (χ0n) is 18.2. The number of aromatic nitrogens is 4. The minimum Gasteiger partial charge on any atom is -0.393 e. The molecule has 1 aromatic carbocycles. The largest absolute Gasteiger partial charge is 0.393 e. The van der Waals surface area contributed by atoms with Crippen LogP contribution in [0.25, 0.3) is 22.1 Å². The van der Waals surface area contributed by atoms with Crippen molar-refractivity contribution in [2.24, 2.45) is 0 Å². The molecule has 1 aliphatic carbocycles. The molecule has 33 heavy (non-hydrogen) atoms. The van der Waals surface area contributed by atoms with Crippen LogP contribution in [0.15, 0.2) is 66.3 Å². The number of nitrogens with zero attached hydrogens (tertiary/aromatic N) is 4. The standard InChI is InChI=1S/C24H26N4O4S/c1-2-14-32-16-22-26-21-15-25-24-20(23(21)28(22)17-8-10-18(29)11-9-17)12-13-27(24)33(30,31)19-6-4-3-5-7-19/h2-7,12-13,15,17-18,29H,1,8-11,14,16H2. The van der Waals surface area contributed by atoms with Gasteiger partial charge in [-0.15, -0.1) is 6.58 Å². The highest BCUT2D eigenvalue weighted by Gasteiger charge is 2.27. The third-order valence-electron chi connectivity index (χ3n) is 6.20. The van der Waals surface area contributed by atoms with Crippen LogP contribution >= 0.6 is 0 Å². The number of hydrogen-bond acceptors (Lipinski definition) is 6. The number of aliphatic hydroxyl groups is 1. The van der Waals surface area contributed by atoms with Crippen molar-refractivity contribution in [1.82, 2.24) is 18.5 Å². The van der Waals surface area contributed by atoms with Crippen LogP contribution in [0.3, 0.4) is 0 Å². The summed E-state index contributed by atoms with van der Waals surface area (Å²) in [7, 11) is -3.79. The van der Waals surface area contributed by atoms with Gasteiger partial charge in [-0.1, -0.05) is 24.3 Å². The fourth-order valence-corrected chi connectivity index (χ4v) is 5.96. The van der Waals surface area contributed by atoms with Crippen molar-refractivity contribution in [3.8, 4) is 0 Å². The van der Waals surface area contributed by atoms with E-state index >= 15 is 0 Å². The minimum absolute atomic E-state index is 0.139. The van der Waals surface area contributed by atoms with Gasteiger partial charge in [-0.3, -0.25) is 0 Å². The first-order valence-corrected chi connectivity index (χ1v) is 12.5. The number of pyridine rings is 1. The molecule has 0 saturated heterocycles. The topological polar surface area (TPSA) is 99.2 Å². The quantitative estimate of drug-likeness (QED) is 0.329. The number of rotatable bonds is 7. The van der Waals surface area contributed by atoms with Gasteiger partial charge in [0.05, 0.1) is 29.3 Å². The maximum Gasteiger partial charge on any atom is 0.269 e. The molecule has 0 atom stereocenters. The smallest absolute Gasteiger partial charge is 0.269 e. The van der Waals surface area contributed by atoms with E-state index < -0.39 is 10.0 Å². The fourth-order valence-electron chi connectivity index (χ4n) is 4.64. The second kappa shape index (κ2) is 8.74. The summed E-state index contributed by atoms with van der Waals surface area (Å²) in [6.07, 6.45) is 7.65. The summed E-state index contributed by atoms with van der Waals surface area (Å²) in [6.45, 7) is 4.42. The summed E-state index contributed by atoms with van der Waals surface area (Å²) >= 11 is 0. The van der Waals surface area contributed by atoms with E-state index in [1.165, 1.54) is 3.97 Å². The third kappa shape index (κ3) is 3.86. The predicted octanol–water partition coefficient (Wildman–Crippen LogP) is 3.80. The molecule has 0 bridgehead atoms. The van der Waals surface area contributed by atoms with Crippen LogP contribution in [0.1, 0.15) is 37.5 Å². The molecule has 1 fully saturated rings. The lowest BCUT2D eigenvalue weighted by Crippen LogP contribution is -2.22. The first kappa shape index (κ1) is 21.8. The normalized spacial score (nSPS) is 19.3. The van der Waals surface area contributed by atoms with Crippen molar-refractivity contribution < 1.29 is 18.3 Å². The van der Waals surface area contributed by atoms with E-state index in [1.54, 1.807) is 54.9 Å². The average Bonchev–Trinajstić information content (AvgIpc) is 3.42. The van der Waals surface area contributed by atoms with E-state index in [9.17, 15) is 13.5 Å². The molecule has 0 amide bonds. The molecule has 3 aromatic heterocycles. The van der Waals surface area contributed by atoms with E-state index in [1.807, 2.05) is 0 Å². The van der Waals surface area contributed by atoms with Gasteiger partial charge in [0, 0.05) is 17.6 Å². The molecule has 0 unspecified atom stereocenters. The molecule has 5 rings (SSSR count). The van der Waals surface area contributed by atoms with Gasteiger partial charge in [-0.25, -0.2) is 22.4 Å². The van der Waals surface area contributed by atoms with Crippen molar-refractivity contribution in [3.05, 3.63) is 67.3 Å². The second-order valence-corrected chi connectivity index (χ2v) is 10.1. The molecule has 172 valence electrons. The number of hydrogen-bond donors (Lipinski definition) is 1. The summed E-state index contributed by atoms with van der Waals surface area (Å²) in [5, 5.41) is 10.7. The van der Waals surface area contributed by atoms with Gasteiger partial charge in [0.15, 0.2) is 5.65 Å². The molecule has 0 radical (unpaired) electrons. The van der Waals surface area contributed by atoms with Crippen LogP contribution in [0.5, 0.6) is 0 Å². The minimum atomic E-state index is -3.79. The van der Waals surface area contributed by atoms with Gasteiger partial charge in [0.2, 0.25) is 0 Å². The molecule has 1 aliphatic rings. The molecule has 8 nitrogen and oxygen atoms in total. The first-order chi connectivity index (χ1) is 16.0. The number of aliphatic hydroxyl groups excluding tert-OH is 1. The Morgan fingerprint density at radius 1 is 1.15 bits per heavy atom. The van der Waals surface area contributed by atoms with Crippen LogP contribution in [-0.4, -0.2) is 44.7 Å². The fraction of sp³-hybridized carbons (Fsp3) is 0.333. The molecule has 1 saturated carbocycles. The van der Waals surface area contributed by atoms with Gasteiger partial charge < -0.3 is 14.4 Å². The first-order valence-electron chi connectivity index (χ1n) is 11.0.